The minimum atomic E-state index is -4.05. The van der Waals surface area contributed by atoms with E-state index in [1.54, 1.807) is 55.4 Å². The Labute approximate surface area is 225 Å². The van der Waals surface area contributed by atoms with Crippen molar-refractivity contribution < 1.29 is 32.3 Å². The molecule has 0 saturated heterocycles. The van der Waals surface area contributed by atoms with Crippen LogP contribution < -0.4 is 0 Å². The average molecular weight is 561 g/mol. The Bertz CT molecular complexity index is 943. The molecule has 0 spiro atoms. The molecule has 37 heavy (non-hydrogen) atoms. The lowest BCUT2D eigenvalue weighted by atomic mass is 9.77. The van der Waals surface area contributed by atoms with Crippen LogP contribution in [0.2, 0.25) is 0 Å². The Morgan fingerprint density at radius 3 is 1.57 bits per heavy atom. The van der Waals surface area contributed by atoms with Gasteiger partial charge in [-0.15, -0.1) is 0 Å². The van der Waals surface area contributed by atoms with Gasteiger partial charge in [-0.2, -0.15) is 0 Å². The third-order valence-corrected chi connectivity index (χ3v) is 12.4. The van der Waals surface area contributed by atoms with Gasteiger partial charge in [-0.25, -0.2) is 0 Å². The Hall–Kier alpha value is -0.680. The van der Waals surface area contributed by atoms with E-state index in [1.807, 2.05) is 20.8 Å². The molecule has 0 bridgehead atoms. The van der Waals surface area contributed by atoms with E-state index in [4.69, 9.17) is 18.1 Å². The fourth-order valence-corrected chi connectivity index (χ4v) is 10.9. The quantitative estimate of drug-likeness (QED) is 0.256. The van der Waals surface area contributed by atoms with Gasteiger partial charge in [0.25, 0.3) is 0 Å². The summed E-state index contributed by atoms with van der Waals surface area (Å²) in [4.78, 5) is 0. The highest BCUT2D eigenvalue weighted by Crippen LogP contribution is 2.73. The molecule has 1 aromatic rings. The van der Waals surface area contributed by atoms with Crippen molar-refractivity contribution in [3.8, 4) is 5.75 Å². The summed E-state index contributed by atoms with van der Waals surface area (Å²) in [5.41, 5.74) is 3.19. The summed E-state index contributed by atoms with van der Waals surface area (Å²) in [6, 6.07) is 2.09. The number of fused-ring (bicyclic) bond motifs is 1. The molecule has 0 heterocycles. The normalized spacial score (nSPS) is 15.5. The van der Waals surface area contributed by atoms with Gasteiger partial charge in [0.05, 0.1) is 24.4 Å². The predicted octanol–water partition coefficient (Wildman–Crippen LogP) is 8.52. The maximum atomic E-state index is 14.6. The van der Waals surface area contributed by atoms with Gasteiger partial charge in [0.15, 0.2) is 5.40 Å². The zero-order valence-electron chi connectivity index (χ0n) is 24.8. The first kappa shape index (κ1) is 32.5. The molecule has 0 amide bonds. The van der Waals surface area contributed by atoms with Gasteiger partial charge >= 0.3 is 15.2 Å². The SMILES string of the molecule is CC(C)OP(=O)(OC(C)C)C(Cc1cc2c(c(O)c1C(C)(C)C)CCCC2)P(=O)(OC(C)C)OC(C)C. The summed E-state index contributed by atoms with van der Waals surface area (Å²) >= 11 is 0. The third-order valence-electron chi connectivity index (χ3n) is 6.02. The molecule has 1 aromatic carbocycles. The van der Waals surface area contributed by atoms with E-state index in [1.165, 1.54) is 0 Å². The maximum absolute atomic E-state index is 14.6. The summed E-state index contributed by atoms with van der Waals surface area (Å²) < 4.78 is 53.3. The molecule has 1 aliphatic rings. The average Bonchev–Trinajstić information content (AvgIpc) is 2.68. The van der Waals surface area contributed by atoms with Crippen molar-refractivity contribution in [1.82, 2.24) is 0 Å². The first-order chi connectivity index (χ1) is 16.9. The molecule has 0 saturated carbocycles. The molecule has 0 atom stereocenters. The van der Waals surface area contributed by atoms with E-state index < -0.39 is 50.4 Å². The maximum Gasteiger partial charge on any atom is 0.346 e. The Kier molecular flexibility index (Phi) is 11.1. The second-order valence-electron chi connectivity index (χ2n) is 12.2. The van der Waals surface area contributed by atoms with Crippen LogP contribution in [0.5, 0.6) is 5.75 Å². The number of hydrogen-bond acceptors (Lipinski definition) is 7. The van der Waals surface area contributed by atoms with Gasteiger partial charge in [-0.1, -0.05) is 26.8 Å². The zero-order valence-corrected chi connectivity index (χ0v) is 26.6. The van der Waals surface area contributed by atoms with Crippen LogP contribution in [0.15, 0.2) is 6.07 Å². The molecular weight excluding hydrogens is 510 g/mol. The number of benzene rings is 1. The van der Waals surface area contributed by atoms with Gasteiger partial charge in [0, 0.05) is 5.56 Å². The molecule has 0 aliphatic heterocycles. The second kappa shape index (κ2) is 12.7. The lowest BCUT2D eigenvalue weighted by molar-refractivity contribution is 0.122. The molecule has 1 N–H and O–H groups in total. The van der Waals surface area contributed by atoms with E-state index in [2.05, 4.69) is 6.07 Å². The van der Waals surface area contributed by atoms with Crippen LogP contribution in [0, 0.1) is 0 Å². The summed E-state index contributed by atoms with van der Waals surface area (Å²) in [6.45, 7) is 20.3. The lowest BCUT2D eigenvalue weighted by Gasteiger charge is -2.37. The van der Waals surface area contributed by atoms with Crippen molar-refractivity contribution in [3.05, 3.63) is 28.3 Å². The fraction of sp³-hybridized carbons (Fsp3) is 0.786. The van der Waals surface area contributed by atoms with Crippen LogP contribution in [0.4, 0.5) is 0 Å². The van der Waals surface area contributed by atoms with E-state index in [-0.39, 0.29) is 12.2 Å². The second-order valence-corrected chi connectivity index (χ2v) is 16.9. The van der Waals surface area contributed by atoms with Crippen molar-refractivity contribution in [2.45, 2.75) is 143 Å². The Balaban J connectivity index is 2.86. The van der Waals surface area contributed by atoms with Crippen LogP contribution in [0.25, 0.3) is 0 Å². The topological polar surface area (TPSA) is 91.3 Å². The van der Waals surface area contributed by atoms with Crippen LogP contribution >= 0.6 is 15.2 Å². The van der Waals surface area contributed by atoms with E-state index >= 15 is 0 Å². The molecule has 0 fully saturated rings. The van der Waals surface area contributed by atoms with E-state index in [0.29, 0.717) is 0 Å². The van der Waals surface area contributed by atoms with Crippen LogP contribution in [-0.2, 0) is 51.9 Å². The highest BCUT2D eigenvalue weighted by atomic mass is 31.2. The monoisotopic (exact) mass is 560 g/mol. The molecule has 0 aromatic heterocycles. The lowest BCUT2D eigenvalue weighted by Crippen LogP contribution is -2.27. The number of rotatable bonds is 12. The molecule has 7 nitrogen and oxygen atoms in total. The molecule has 1 aliphatic carbocycles. The van der Waals surface area contributed by atoms with Crippen molar-refractivity contribution in [2.24, 2.45) is 0 Å². The molecule has 2 rings (SSSR count). The zero-order chi connectivity index (χ0) is 28.3. The van der Waals surface area contributed by atoms with Gasteiger partial charge < -0.3 is 23.2 Å². The van der Waals surface area contributed by atoms with Gasteiger partial charge in [-0.05, 0) is 110 Å². The number of aryl methyl sites for hydroxylation is 1. The summed E-state index contributed by atoms with van der Waals surface area (Å²) in [5, 5.41) is 10.3. The number of aromatic hydroxyl groups is 1. The van der Waals surface area contributed by atoms with Crippen LogP contribution in [0.3, 0.4) is 0 Å². The highest BCUT2D eigenvalue weighted by Gasteiger charge is 2.53. The smallest absolute Gasteiger partial charge is 0.346 e. The third kappa shape index (κ3) is 8.40. The summed E-state index contributed by atoms with van der Waals surface area (Å²) in [7, 11) is -8.10. The van der Waals surface area contributed by atoms with E-state index in [9.17, 15) is 14.2 Å². The van der Waals surface area contributed by atoms with Gasteiger partial charge in [-0.3, -0.25) is 9.13 Å². The van der Waals surface area contributed by atoms with Crippen molar-refractivity contribution in [2.75, 3.05) is 0 Å². The first-order valence-electron chi connectivity index (χ1n) is 13.7. The predicted molar refractivity (Wildman–Crippen MR) is 151 cm³/mol. The first-order valence-corrected chi connectivity index (χ1v) is 16.9. The molecule has 0 unspecified atom stereocenters. The fourth-order valence-electron chi connectivity index (χ4n) is 5.04. The minimum Gasteiger partial charge on any atom is -0.507 e. The molecule has 9 heteroatoms. The molecular formula is C28H50O7P2. The van der Waals surface area contributed by atoms with Crippen molar-refractivity contribution in [3.63, 3.8) is 0 Å². The Morgan fingerprint density at radius 2 is 1.19 bits per heavy atom. The largest absolute Gasteiger partial charge is 0.507 e. The van der Waals surface area contributed by atoms with E-state index in [0.717, 1.165) is 47.9 Å². The van der Waals surface area contributed by atoms with Crippen molar-refractivity contribution in [1.29, 1.82) is 0 Å². The highest BCUT2D eigenvalue weighted by molar-refractivity contribution is 7.72. The number of phenols is 1. The molecule has 0 radical (unpaired) electrons. The number of hydrogen-bond donors (Lipinski definition) is 1. The van der Waals surface area contributed by atoms with Gasteiger partial charge in [0.1, 0.15) is 5.75 Å². The summed E-state index contributed by atoms with van der Waals surface area (Å²) in [5.74, 6) is 0.284. The summed E-state index contributed by atoms with van der Waals surface area (Å²) in [6.07, 6.45) is 2.03. The molecule has 214 valence electrons. The standard InChI is InChI=1S/C28H50O7P2/c1-18(2)32-36(30,33-19(3)4)25(37(31,34-20(5)6)35-21(7)8)17-23-16-22-14-12-13-15-24(22)27(29)26(23)28(9,10)11/h16,18-21,25,29H,12-15,17H2,1-11H3. The van der Waals surface area contributed by atoms with Gasteiger partial charge in [0.2, 0.25) is 0 Å². The Morgan fingerprint density at radius 1 is 0.784 bits per heavy atom. The van der Waals surface area contributed by atoms with Crippen molar-refractivity contribution >= 4 is 15.2 Å². The minimum absolute atomic E-state index is 0.0564. The van der Waals surface area contributed by atoms with Crippen LogP contribution in [-0.4, -0.2) is 34.9 Å². The number of phenolic OH excluding ortho intramolecular Hbond substituents is 1. The van der Waals surface area contributed by atoms with Crippen LogP contribution in [0.1, 0.15) is 111 Å².